The van der Waals surface area contributed by atoms with Crippen LogP contribution in [-0.4, -0.2) is 56.8 Å². The minimum atomic E-state index is -0.431. The summed E-state index contributed by atoms with van der Waals surface area (Å²) in [6, 6.07) is 8.98. The van der Waals surface area contributed by atoms with Gasteiger partial charge in [0, 0.05) is 37.9 Å². The quantitative estimate of drug-likeness (QED) is 0.666. The zero-order valence-electron chi connectivity index (χ0n) is 17.9. The van der Waals surface area contributed by atoms with Crippen molar-refractivity contribution >= 4 is 17.1 Å². The molecule has 2 aliphatic heterocycles. The highest BCUT2D eigenvalue weighted by molar-refractivity contribution is 5.54. The third-order valence-corrected chi connectivity index (χ3v) is 6.58. The molecule has 8 heteroatoms. The number of anilines is 1. The molecule has 0 bridgehead atoms. The van der Waals surface area contributed by atoms with Crippen LogP contribution in [0.5, 0.6) is 0 Å². The number of nitrogens with one attached hydrogen (secondary N) is 1. The number of aliphatic hydroxyl groups excluding tert-OH is 1. The zero-order chi connectivity index (χ0) is 21.1. The lowest BCUT2D eigenvalue weighted by Crippen LogP contribution is -2.48. The molecule has 8 nitrogen and oxygen atoms in total. The van der Waals surface area contributed by atoms with Crippen LogP contribution < -0.4 is 20.8 Å². The molecule has 0 spiro atoms. The normalized spacial score (nSPS) is 21.7. The molecule has 31 heavy (non-hydrogen) atoms. The summed E-state index contributed by atoms with van der Waals surface area (Å²) in [5.41, 5.74) is 4.69. The van der Waals surface area contributed by atoms with Crippen molar-refractivity contribution in [2.45, 2.75) is 38.9 Å². The molecule has 3 aromatic rings. The van der Waals surface area contributed by atoms with Crippen LogP contribution in [0.1, 0.15) is 36.1 Å². The van der Waals surface area contributed by atoms with Crippen LogP contribution in [0.2, 0.25) is 0 Å². The molecular formula is C23H27N7O. The van der Waals surface area contributed by atoms with Crippen molar-refractivity contribution in [3.05, 3.63) is 58.1 Å². The maximum Gasteiger partial charge on any atom is 0.195 e. The molecule has 160 valence electrons. The number of nitrogens with zero attached hydrogens (tertiary/aromatic N) is 6. The summed E-state index contributed by atoms with van der Waals surface area (Å²) in [7, 11) is 0. The van der Waals surface area contributed by atoms with Gasteiger partial charge in [-0.3, -0.25) is 14.9 Å². The molecule has 1 saturated heterocycles. The first-order valence-corrected chi connectivity index (χ1v) is 11.1. The lowest BCUT2D eigenvalue weighted by atomic mass is 10.2. The van der Waals surface area contributed by atoms with Crippen molar-refractivity contribution < 1.29 is 5.11 Å². The number of piperazine rings is 1. The fourth-order valence-electron chi connectivity index (χ4n) is 4.77. The molecular weight excluding hydrogens is 390 g/mol. The van der Waals surface area contributed by atoms with Crippen molar-refractivity contribution in [3.63, 3.8) is 0 Å². The highest BCUT2D eigenvalue weighted by Crippen LogP contribution is 2.28. The summed E-state index contributed by atoms with van der Waals surface area (Å²) in [6.45, 7) is 8.21. The number of aliphatic hydroxyl groups is 1. The fourth-order valence-corrected chi connectivity index (χ4v) is 4.77. The third kappa shape index (κ3) is 3.31. The Balaban J connectivity index is 1.30. The fraction of sp³-hybridized carbons (Fsp3) is 0.435. The van der Waals surface area contributed by atoms with Gasteiger partial charge in [0.05, 0.1) is 33.7 Å². The second-order valence-corrected chi connectivity index (χ2v) is 8.85. The molecule has 1 aliphatic carbocycles. The van der Waals surface area contributed by atoms with E-state index in [0.29, 0.717) is 0 Å². The summed E-state index contributed by atoms with van der Waals surface area (Å²) in [5, 5.41) is 20.1. The topological polar surface area (TPSA) is 81.3 Å². The van der Waals surface area contributed by atoms with Crippen molar-refractivity contribution in [2.75, 3.05) is 31.1 Å². The molecule has 2 aromatic heterocycles. The van der Waals surface area contributed by atoms with Gasteiger partial charge in [-0.05, 0) is 51.0 Å². The van der Waals surface area contributed by atoms with Crippen LogP contribution >= 0.6 is 0 Å². The Labute approximate surface area is 180 Å². The lowest BCUT2D eigenvalue weighted by molar-refractivity contribution is 0.248. The Bertz CT molecular complexity index is 1290. The molecule has 1 saturated carbocycles. The third-order valence-electron chi connectivity index (χ3n) is 6.58. The van der Waals surface area contributed by atoms with Gasteiger partial charge in [-0.2, -0.15) is 5.10 Å². The molecule has 1 unspecified atom stereocenters. The van der Waals surface area contributed by atoms with Gasteiger partial charge in [0.2, 0.25) is 0 Å². The van der Waals surface area contributed by atoms with E-state index in [0.717, 1.165) is 71.1 Å². The van der Waals surface area contributed by atoms with E-state index >= 15 is 0 Å². The van der Waals surface area contributed by atoms with Crippen LogP contribution in [0.15, 0.2) is 35.5 Å². The molecule has 6 rings (SSSR count). The first-order valence-electron chi connectivity index (χ1n) is 11.1. The molecule has 2 N–H and O–H groups in total. The van der Waals surface area contributed by atoms with E-state index in [-0.39, 0.29) is 5.88 Å². The number of aryl methyl sites for hydroxylation is 2. The lowest BCUT2D eigenvalue weighted by Gasteiger charge is -2.36. The largest absolute Gasteiger partial charge is 0.494 e. The smallest absolute Gasteiger partial charge is 0.195 e. The average molecular weight is 418 g/mol. The van der Waals surface area contributed by atoms with E-state index in [1.807, 2.05) is 42.8 Å². The summed E-state index contributed by atoms with van der Waals surface area (Å²) in [5.74, 6) is 0.150. The number of aromatic nitrogens is 3. The molecule has 2 fully saturated rings. The van der Waals surface area contributed by atoms with Gasteiger partial charge in [0.15, 0.2) is 12.0 Å². The predicted octanol–water partition coefficient (Wildman–Crippen LogP) is 1.18. The van der Waals surface area contributed by atoms with Gasteiger partial charge in [-0.1, -0.05) is 0 Å². The van der Waals surface area contributed by atoms with E-state index in [9.17, 15) is 5.11 Å². The second kappa shape index (κ2) is 6.95. The maximum atomic E-state index is 10.8. The minimum absolute atomic E-state index is 0.150. The van der Waals surface area contributed by atoms with Crippen molar-refractivity contribution in [3.8, 4) is 0 Å². The Kier molecular flexibility index (Phi) is 4.17. The molecule has 4 heterocycles. The van der Waals surface area contributed by atoms with Crippen molar-refractivity contribution in [2.24, 2.45) is 4.99 Å². The van der Waals surface area contributed by atoms with Gasteiger partial charge >= 0.3 is 0 Å². The van der Waals surface area contributed by atoms with Gasteiger partial charge in [0.1, 0.15) is 5.69 Å². The molecule has 0 amide bonds. The summed E-state index contributed by atoms with van der Waals surface area (Å²) >= 11 is 0. The van der Waals surface area contributed by atoms with Gasteiger partial charge in [-0.25, -0.2) is 4.52 Å². The number of rotatable bonds is 3. The van der Waals surface area contributed by atoms with Gasteiger partial charge in [0.25, 0.3) is 0 Å². The SMILES string of the molecule is Cc1cn2nc(C3N=c4ccc(N5CCN(C6CC6)CC5)cc4=C(O)N3)cc2c(C)n1. The number of hydrogen-bond donors (Lipinski definition) is 2. The first-order chi connectivity index (χ1) is 15.0. The number of hydrogen-bond acceptors (Lipinski definition) is 7. The Morgan fingerprint density at radius 1 is 1.06 bits per heavy atom. The highest BCUT2D eigenvalue weighted by Gasteiger charge is 2.31. The molecule has 1 aromatic carbocycles. The highest BCUT2D eigenvalue weighted by atomic mass is 16.3. The molecule has 0 radical (unpaired) electrons. The van der Waals surface area contributed by atoms with Gasteiger partial charge < -0.3 is 15.3 Å². The van der Waals surface area contributed by atoms with Crippen LogP contribution in [-0.2, 0) is 0 Å². The number of fused-ring (bicyclic) bond motifs is 2. The van der Waals surface area contributed by atoms with Crippen LogP contribution in [0.25, 0.3) is 11.4 Å². The Morgan fingerprint density at radius 3 is 2.65 bits per heavy atom. The van der Waals surface area contributed by atoms with Crippen molar-refractivity contribution in [1.29, 1.82) is 0 Å². The van der Waals surface area contributed by atoms with E-state index in [1.54, 1.807) is 0 Å². The number of benzene rings is 1. The monoisotopic (exact) mass is 417 g/mol. The van der Waals surface area contributed by atoms with Crippen LogP contribution in [0, 0.1) is 13.8 Å². The van der Waals surface area contributed by atoms with Gasteiger partial charge in [-0.15, -0.1) is 0 Å². The van der Waals surface area contributed by atoms with Crippen LogP contribution in [0.4, 0.5) is 5.69 Å². The predicted molar refractivity (Wildman–Crippen MR) is 118 cm³/mol. The first kappa shape index (κ1) is 18.6. The second-order valence-electron chi connectivity index (χ2n) is 8.85. The van der Waals surface area contributed by atoms with E-state index in [2.05, 4.69) is 31.3 Å². The minimum Gasteiger partial charge on any atom is -0.494 e. The Hall–Kier alpha value is -3.13. The Morgan fingerprint density at radius 2 is 1.87 bits per heavy atom. The van der Waals surface area contributed by atoms with E-state index in [4.69, 9.17) is 4.99 Å². The summed E-state index contributed by atoms with van der Waals surface area (Å²) in [4.78, 5) is 14.3. The van der Waals surface area contributed by atoms with E-state index in [1.165, 1.54) is 12.8 Å². The summed E-state index contributed by atoms with van der Waals surface area (Å²) < 4.78 is 1.83. The zero-order valence-corrected chi connectivity index (χ0v) is 17.9. The molecule has 3 aliphatic rings. The van der Waals surface area contributed by atoms with Crippen molar-refractivity contribution in [1.82, 2.24) is 24.8 Å². The molecule has 1 atom stereocenters. The summed E-state index contributed by atoms with van der Waals surface area (Å²) in [6.07, 6.45) is 4.19. The standard InChI is InChI=1S/C23H27N7O/c1-14-13-30-21(15(2)24-14)12-20(27-30)22-25-19-6-5-17(11-18(19)23(31)26-22)29-9-7-28(8-10-29)16-3-4-16/h5-6,11-13,16,22,26,31H,3-4,7-10H2,1-2H3. The van der Waals surface area contributed by atoms with Crippen LogP contribution in [0.3, 0.4) is 0 Å². The van der Waals surface area contributed by atoms with E-state index < -0.39 is 6.17 Å². The average Bonchev–Trinajstić information content (AvgIpc) is 3.52. The maximum absolute atomic E-state index is 10.8.